The van der Waals surface area contributed by atoms with Crippen molar-refractivity contribution >= 4 is 23.6 Å². The average molecular weight is 308 g/mol. The summed E-state index contributed by atoms with van der Waals surface area (Å²) < 4.78 is 18.6. The SMILES string of the molecule is O=C(O)/C=C/c1c(Cl)cccc1OCc1cncc(F)c1. The number of ether oxygens (including phenoxy) is 1. The number of hydrogen-bond acceptors (Lipinski definition) is 3. The molecule has 0 bridgehead atoms. The summed E-state index contributed by atoms with van der Waals surface area (Å²) >= 11 is 6.02. The second-order valence-electron chi connectivity index (χ2n) is 4.12. The molecule has 0 spiro atoms. The predicted octanol–water partition coefficient (Wildman–Crippen LogP) is 3.55. The minimum Gasteiger partial charge on any atom is -0.488 e. The van der Waals surface area contributed by atoms with E-state index in [-0.39, 0.29) is 6.61 Å². The van der Waals surface area contributed by atoms with Gasteiger partial charge in [0.1, 0.15) is 18.2 Å². The van der Waals surface area contributed by atoms with E-state index in [2.05, 4.69) is 4.98 Å². The van der Waals surface area contributed by atoms with Crippen LogP contribution in [0.3, 0.4) is 0 Å². The molecule has 1 N–H and O–H groups in total. The zero-order chi connectivity index (χ0) is 15.2. The second kappa shape index (κ2) is 6.85. The van der Waals surface area contributed by atoms with E-state index in [0.29, 0.717) is 21.9 Å². The highest BCUT2D eigenvalue weighted by Crippen LogP contribution is 2.28. The minimum absolute atomic E-state index is 0.0962. The van der Waals surface area contributed by atoms with Crippen LogP contribution in [0.4, 0.5) is 4.39 Å². The highest BCUT2D eigenvalue weighted by Gasteiger charge is 2.07. The molecule has 21 heavy (non-hydrogen) atoms. The number of pyridine rings is 1. The molecule has 1 heterocycles. The molecule has 2 aromatic rings. The fourth-order valence-corrected chi connectivity index (χ4v) is 1.88. The Kier molecular flexibility index (Phi) is 4.90. The maximum absolute atomic E-state index is 13.0. The quantitative estimate of drug-likeness (QED) is 0.858. The molecule has 0 saturated heterocycles. The molecular formula is C15H11ClFNO3. The first kappa shape index (κ1) is 15.0. The van der Waals surface area contributed by atoms with Gasteiger partial charge in [0.2, 0.25) is 0 Å². The number of aliphatic carboxylic acids is 1. The number of rotatable bonds is 5. The van der Waals surface area contributed by atoms with Gasteiger partial charge in [0, 0.05) is 23.4 Å². The summed E-state index contributed by atoms with van der Waals surface area (Å²) in [6, 6.07) is 6.27. The smallest absolute Gasteiger partial charge is 0.328 e. The Bertz CT molecular complexity index is 688. The predicted molar refractivity (Wildman–Crippen MR) is 76.6 cm³/mol. The van der Waals surface area contributed by atoms with Gasteiger partial charge in [-0.15, -0.1) is 0 Å². The van der Waals surface area contributed by atoms with Crippen molar-refractivity contribution in [1.29, 1.82) is 0 Å². The van der Waals surface area contributed by atoms with Crippen molar-refractivity contribution in [3.05, 3.63) is 64.7 Å². The van der Waals surface area contributed by atoms with Gasteiger partial charge in [-0.2, -0.15) is 0 Å². The van der Waals surface area contributed by atoms with E-state index in [1.165, 1.54) is 18.3 Å². The molecule has 1 aromatic carbocycles. The number of aromatic nitrogens is 1. The monoisotopic (exact) mass is 307 g/mol. The Labute approximate surface area is 125 Å². The Morgan fingerprint density at radius 3 is 2.95 bits per heavy atom. The molecule has 4 nitrogen and oxygen atoms in total. The van der Waals surface area contributed by atoms with Gasteiger partial charge in [-0.1, -0.05) is 17.7 Å². The van der Waals surface area contributed by atoms with Crippen LogP contribution in [0, 0.1) is 5.82 Å². The Hall–Kier alpha value is -2.40. The summed E-state index contributed by atoms with van der Waals surface area (Å²) in [6.45, 7) is 0.0962. The van der Waals surface area contributed by atoms with Gasteiger partial charge in [0.05, 0.1) is 11.2 Å². The molecule has 0 fully saturated rings. The lowest BCUT2D eigenvalue weighted by molar-refractivity contribution is -0.131. The van der Waals surface area contributed by atoms with Crippen LogP contribution in [0.1, 0.15) is 11.1 Å². The summed E-state index contributed by atoms with van der Waals surface area (Å²) in [7, 11) is 0. The van der Waals surface area contributed by atoms with E-state index in [1.807, 2.05) is 0 Å². The zero-order valence-electron chi connectivity index (χ0n) is 10.8. The second-order valence-corrected chi connectivity index (χ2v) is 4.53. The summed E-state index contributed by atoms with van der Waals surface area (Å²) in [4.78, 5) is 14.3. The number of carboxylic acids is 1. The minimum atomic E-state index is -1.09. The molecule has 0 saturated carbocycles. The standard InChI is InChI=1S/C15H11ClFNO3/c16-13-2-1-3-14(12(13)4-5-15(19)20)21-9-10-6-11(17)8-18-7-10/h1-8H,9H2,(H,19,20)/b5-4+. The van der Waals surface area contributed by atoms with Crippen LogP contribution in [0.15, 0.2) is 42.7 Å². The third-order valence-electron chi connectivity index (χ3n) is 2.56. The third kappa shape index (κ3) is 4.29. The maximum atomic E-state index is 13.0. The molecule has 0 aliphatic heterocycles. The van der Waals surface area contributed by atoms with Crippen molar-refractivity contribution in [2.24, 2.45) is 0 Å². The average Bonchev–Trinajstić information content (AvgIpc) is 2.44. The summed E-state index contributed by atoms with van der Waals surface area (Å²) in [6.07, 6.45) is 4.91. The highest BCUT2D eigenvalue weighted by atomic mass is 35.5. The van der Waals surface area contributed by atoms with E-state index < -0.39 is 11.8 Å². The molecule has 0 radical (unpaired) electrons. The molecular weight excluding hydrogens is 297 g/mol. The highest BCUT2D eigenvalue weighted by molar-refractivity contribution is 6.32. The summed E-state index contributed by atoms with van der Waals surface area (Å²) in [5.41, 5.74) is 1.01. The van der Waals surface area contributed by atoms with Gasteiger partial charge < -0.3 is 9.84 Å². The molecule has 0 aliphatic rings. The number of carbonyl (C=O) groups is 1. The van der Waals surface area contributed by atoms with E-state index >= 15 is 0 Å². The van der Waals surface area contributed by atoms with Gasteiger partial charge in [0.25, 0.3) is 0 Å². The van der Waals surface area contributed by atoms with E-state index in [4.69, 9.17) is 21.4 Å². The fraction of sp³-hybridized carbons (Fsp3) is 0.0667. The molecule has 6 heteroatoms. The van der Waals surface area contributed by atoms with Crippen LogP contribution < -0.4 is 4.74 Å². The van der Waals surface area contributed by atoms with E-state index in [9.17, 15) is 9.18 Å². The van der Waals surface area contributed by atoms with Crippen LogP contribution in [0.2, 0.25) is 5.02 Å². The lowest BCUT2D eigenvalue weighted by atomic mass is 10.2. The van der Waals surface area contributed by atoms with Gasteiger partial charge in [-0.05, 0) is 24.3 Å². The van der Waals surface area contributed by atoms with Crippen molar-refractivity contribution in [3.8, 4) is 5.75 Å². The zero-order valence-corrected chi connectivity index (χ0v) is 11.5. The van der Waals surface area contributed by atoms with Crippen molar-refractivity contribution in [1.82, 2.24) is 4.98 Å². The molecule has 0 atom stereocenters. The summed E-state index contributed by atoms with van der Waals surface area (Å²) in [5, 5.41) is 9.04. The molecule has 108 valence electrons. The maximum Gasteiger partial charge on any atom is 0.328 e. The Morgan fingerprint density at radius 2 is 2.24 bits per heavy atom. The Morgan fingerprint density at radius 1 is 1.43 bits per heavy atom. The van der Waals surface area contributed by atoms with Crippen molar-refractivity contribution in [2.75, 3.05) is 0 Å². The van der Waals surface area contributed by atoms with Gasteiger partial charge in [-0.25, -0.2) is 9.18 Å². The number of halogens is 2. The van der Waals surface area contributed by atoms with Crippen molar-refractivity contribution in [3.63, 3.8) is 0 Å². The van der Waals surface area contributed by atoms with Gasteiger partial charge >= 0.3 is 5.97 Å². The number of benzene rings is 1. The van der Waals surface area contributed by atoms with Crippen molar-refractivity contribution < 1.29 is 19.0 Å². The first-order valence-corrected chi connectivity index (χ1v) is 6.36. The first-order valence-electron chi connectivity index (χ1n) is 5.98. The molecule has 1 aromatic heterocycles. The molecule has 2 rings (SSSR count). The van der Waals surface area contributed by atoms with Gasteiger partial charge in [0.15, 0.2) is 0 Å². The largest absolute Gasteiger partial charge is 0.488 e. The van der Waals surface area contributed by atoms with Crippen molar-refractivity contribution in [2.45, 2.75) is 6.61 Å². The number of carboxylic acid groups (broad SMARTS) is 1. The topological polar surface area (TPSA) is 59.4 Å². The molecule has 0 aliphatic carbocycles. The van der Waals surface area contributed by atoms with Crippen LogP contribution in [0.25, 0.3) is 6.08 Å². The molecule has 0 unspecified atom stereocenters. The van der Waals surface area contributed by atoms with Crippen LogP contribution in [-0.2, 0) is 11.4 Å². The van der Waals surface area contributed by atoms with E-state index in [0.717, 1.165) is 12.3 Å². The van der Waals surface area contributed by atoms with Crippen LogP contribution >= 0.6 is 11.6 Å². The summed E-state index contributed by atoms with van der Waals surface area (Å²) in [5.74, 6) is -1.13. The Balaban J connectivity index is 2.20. The third-order valence-corrected chi connectivity index (χ3v) is 2.89. The number of hydrogen-bond donors (Lipinski definition) is 1. The fourth-order valence-electron chi connectivity index (χ4n) is 1.66. The van der Waals surface area contributed by atoms with Crippen LogP contribution in [-0.4, -0.2) is 16.1 Å². The number of nitrogens with zero attached hydrogens (tertiary/aromatic N) is 1. The lowest BCUT2D eigenvalue weighted by Gasteiger charge is -2.10. The van der Waals surface area contributed by atoms with Gasteiger partial charge in [-0.3, -0.25) is 4.98 Å². The van der Waals surface area contributed by atoms with Crippen LogP contribution in [0.5, 0.6) is 5.75 Å². The molecule has 0 amide bonds. The lowest BCUT2D eigenvalue weighted by Crippen LogP contribution is -1.99. The normalized spacial score (nSPS) is 10.8. The first-order chi connectivity index (χ1) is 10.1. The van der Waals surface area contributed by atoms with E-state index in [1.54, 1.807) is 18.2 Å².